The number of rotatable bonds is 15. The number of hydrogen-bond donors (Lipinski definition) is 3. The van der Waals surface area contributed by atoms with Crippen LogP contribution in [-0.4, -0.2) is 87.2 Å². The van der Waals surface area contributed by atoms with Crippen LogP contribution in [0.15, 0.2) is 121 Å². The summed E-state index contributed by atoms with van der Waals surface area (Å²) in [6, 6.07) is 31.6. The Kier molecular flexibility index (Phi) is 15.5. The summed E-state index contributed by atoms with van der Waals surface area (Å²) >= 11 is 7.24. The summed E-state index contributed by atoms with van der Waals surface area (Å²) in [5.41, 5.74) is 3.42. The first-order valence-electron chi connectivity index (χ1n) is 24.0. The summed E-state index contributed by atoms with van der Waals surface area (Å²) < 4.78 is 53.2. The maximum Gasteiger partial charge on any atom is 0.417 e. The SMILES string of the molecule is Cc1ncsc1-c1ccc(CNC(=O)[C@@H]2C[C@@H](O)CN2C(=O)[C@@H](NC(=O)c2ccc(OCCOc3ccc(-c4ccc(N5C(=S)N(c6ccc(C#N)c(C(F)(F)F)c6)C(=O)C5(C)C)cc4)cc3)cc2)C(C)(C)C)cc1. The molecule has 6 aromatic rings. The van der Waals surface area contributed by atoms with Crippen LogP contribution in [0.1, 0.15) is 73.8 Å². The van der Waals surface area contributed by atoms with E-state index in [1.807, 2.05) is 88.4 Å². The second-order valence-electron chi connectivity index (χ2n) is 19.8. The van der Waals surface area contributed by atoms with Gasteiger partial charge in [-0.2, -0.15) is 18.4 Å². The third kappa shape index (κ3) is 11.7. The summed E-state index contributed by atoms with van der Waals surface area (Å²) in [7, 11) is 0. The Hall–Kier alpha value is -7.66. The predicted molar refractivity (Wildman–Crippen MR) is 283 cm³/mol. The monoisotopic (exact) mass is 1060 g/mol. The van der Waals surface area contributed by atoms with E-state index in [1.165, 1.54) is 11.0 Å². The normalized spacial score (nSPS) is 16.9. The number of thiocarbonyl (C=S) groups is 1. The molecule has 4 amide bonds. The predicted octanol–water partition coefficient (Wildman–Crippen LogP) is 9.47. The van der Waals surface area contributed by atoms with Crippen molar-refractivity contribution in [1.82, 2.24) is 20.5 Å². The first-order chi connectivity index (χ1) is 35.5. The molecule has 3 heterocycles. The lowest BCUT2D eigenvalue weighted by molar-refractivity contribution is -0.142. The van der Waals surface area contributed by atoms with Crippen LogP contribution in [-0.2, 0) is 27.1 Å². The molecule has 75 heavy (non-hydrogen) atoms. The highest BCUT2D eigenvalue weighted by molar-refractivity contribution is 7.81. The number of carbonyl (C=O) groups is 4. The van der Waals surface area contributed by atoms with Gasteiger partial charge in [0.2, 0.25) is 11.8 Å². The van der Waals surface area contributed by atoms with Crippen molar-refractivity contribution in [3.63, 3.8) is 0 Å². The molecule has 2 fully saturated rings. The number of thiazole rings is 1. The molecule has 0 aliphatic carbocycles. The van der Waals surface area contributed by atoms with Gasteiger partial charge >= 0.3 is 6.18 Å². The molecule has 14 nitrogen and oxygen atoms in total. The average Bonchev–Trinajstić information content (AvgIpc) is 4.05. The minimum Gasteiger partial charge on any atom is -0.490 e. The van der Waals surface area contributed by atoms with E-state index in [0.29, 0.717) is 22.7 Å². The molecule has 0 bridgehead atoms. The Morgan fingerprint density at radius 3 is 2.01 bits per heavy atom. The van der Waals surface area contributed by atoms with Crippen LogP contribution in [0.3, 0.4) is 0 Å². The number of benzene rings is 5. The number of anilines is 2. The number of aliphatic hydroxyl groups excluding tert-OH is 1. The maximum atomic E-state index is 14.2. The number of nitrogens with zero attached hydrogens (tertiary/aromatic N) is 5. The molecule has 1 aromatic heterocycles. The van der Waals surface area contributed by atoms with Gasteiger partial charge in [-0.1, -0.05) is 69.3 Å². The molecule has 3 atom stereocenters. The van der Waals surface area contributed by atoms with Gasteiger partial charge < -0.3 is 35.0 Å². The maximum absolute atomic E-state index is 14.2. The average molecular weight is 1060 g/mol. The van der Waals surface area contributed by atoms with E-state index in [1.54, 1.807) is 78.1 Å². The minimum absolute atomic E-state index is 0.00231. The smallest absolute Gasteiger partial charge is 0.417 e. The van der Waals surface area contributed by atoms with Crippen LogP contribution in [0.5, 0.6) is 11.5 Å². The molecule has 2 saturated heterocycles. The van der Waals surface area contributed by atoms with E-state index in [2.05, 4.69) is 15.6 Å². The van der Waals surface area contributed by atoms with Gasteiger partial charge in [-0.05, 0) is 127 Å². The Bertz CT molecular complexity index is 3150. The van der Waals surface area contributed by atoms with Crippen molar-refractivity contribution in [2.75, 3.05) is 29.6 Å². The van der Waals surface area contributed by atoms with Crippen LogP contribution in [0.2, 0.25) is 0 Å². The molecule has 2 aliphatic rings. The molecule has 0 unspecified atom stereocenters. The summed E-state index contributed by atoms with van der Waals surface area (Å²) in [5.74, 6) is -0.800. The third-order valence-corrected chi connectivity index (χ3v) is 14.4. The van der Waals surface area contributed by atoms with E-state index in [4.69, 9.17) is 21.7 Å². The molecule has 0 spiro atoms. The number of ether oxygens (including phenoxy) is 2. The Balaban J connectivity index is 0.812. The van der Waals surface area contributed by atoms with Gasteiger partial charge in [0.05, 0.1) is 45.1 Å². The van der Waals surface area contributed by atoms with E-state index < -0.39 is 70.1 Å². The van der Waals surface area contributed by atoms with Gasteiger partial charge in [0.15, 0.2) is 5.11 Å². The fraction of sp³-hybridized carbons (Fsp3) is 0.304. The molecular weight excluding hydrogens is 1000 g/mol. The summed E-state index contributed by atoms with van der Waals surface area (Å²) in [5, 5.41) is 25.7. The number of alkyl halides is 3. The number of halogens is 3. The zero-order chi connectivity index (χ0) is 54.0. The topological polar surface area (TPSA) is 177 Å². The van der Waals surface area contributed by atoms with Crippen molar-refractivity contribution in [2.24, 2.45) is 5.41 Å². The second-order valence-corrected chi connectivity index (χ2v) is 21.0. The number of amides is 4. The highest BCUT2D eigenvalue weighted by Gasteiger charge is 2.51. The summed E-state index contributed by atoms with van der Waals surface area (Å²) in [6.45, 7) is 11.3. The van der Waals surface area contributed by atoms with Crippen LogP contribution in [0.25, 0.3) is 21.6 Å². The zero-order valence-corrected chi connectivity index (χ0v) is 43.5. The van der Waals surface area contributed by atoms with Crippen LogP contribution in [0, 0.1) is 23.7 Å². The van der Waals surface area contributed by atoms with Gasteiger partial charge in [-0.15, -0.1) is 11.3 Å². The Labute approximate surface area is 441 Å². The first kappa shape index (κ1) is 53.6. The van der Waals surface area contributed by atoms with Crippen molar-refractivity contribution < 1.29 is 46.9 Å². The van der Waals surface area contributed by atoms with Gasteiger partial charge in [-0.25, -0.2) is 4.98 Å². The fourth-order valence-electron chi connectivity index (χ4n) is 9.02. The molecule has 388 valence electrons. The highest BCUT2D eigenvalue weighted by atomic mass is 32.1. The zero-order valence-electron chi connectivity index (χ0n) is 41.9. The second kappa shape index (κ2) is 21.7. The van der Waals surface area contributed by atoms with E-state index in [-0.39, 0.29) is 43.5 Å². The van der Waals surface area contributed by atoms with Crippen molar-refractivity contribution >= 4 is 63.7 Å². The number of aromatic nitrogens is 1. The number of likely N-dealkylation sites (tertiary alicyclic amines) is 1. The molecular formula is C56H54F3N7O7S2. The molecule has 0 saturated carbocycles. The van der Waals surface area contributed by atoms with Crippen LogP contribution >= 0.6 is 23.6 Å². The number of hydrogen-bond acceptors (Lipinski definition) is 11. The van der Waals surface area contributed by atoms with Crippen molar-refractivity contribution in [2.45, 2.75) is 84.4 Å². The molecule has 8 rings (SSSR count). The largest absolute Gasteiger partial charge is 0.490 e. The van der Waals surface area contributed by atoms with Crippen LogP contribution in [0.4, 0.5) is 24.5 Å². The minimum atomic E-state index is -4.81. The number of nitrogens with one attached hydrogen (secondary N) is 2. The first-order valence-corrected chi connectivity index (χ1v) is 25.3. The molecule has 3 N–H and O–H groups in total. The van der Waals surface area contributed by atoms with E-state index >= 15 is 0 Å². The quantitative estimate of drug-likeness (QED) is 0.0660. The number of carbonyl (C=O) groups excluding carboxylic acids is 4. The van der Waals surface area contributed by atoms with Crippen LogP contribution < -0.4 is 29.9 Å². The number of β-amino-alcohol motifs (C(OH)–C–C–N with tert-alkyl or cyclic N) is 1. The number of aliphatic hydroxyl groups is 1. The fourth-order valence-corrected chi connectivity index (χ4v) is 10.4. The lowest BCUT2D eigenvalue weighted by atomic mass is 9.85. The summed E-state index contributed by atoms with van der Waals surface area (Å²) in [4.78, 5) is 64.4. The third-order valence-electron chi connectivity index (χ3n) is 13.1. The van der Waals surface area contributed by atoms with Gasteiger partial charge in [-0.3, -0.25) is 24.1 Å². The lowest BCUT2D eigenvalue weighted by Crippen LogP contribution is -2.57. The standard InChI is InChI=1S/C56H54F3N7O7S2/c1-33-47(75-32-62-33)37-9-7-34(8-10-37)30-61-50(69)46-28-42(67)31-64(46)51(70)48(54(2,3)4)63-49(68)38-16-23-44(24-17-38)73-26-25-72-43-21-14-36(15-22-43)35-11-18-40(19-12-35)66-53(74)65(52(71)55(66,5)6)41-20-13-39(29-60)45(27-41)56(57,58)59/h7-24,27,32,42,46,48,67H,25-26,28,30-31H2,1-6H3,(H,61,69)(H,63,68)/t42-,46+,48-/m1/s1. The Morgan fingerprint density at radius 1 is 0.880 bits per heavy atom. The van der Waals surface area contributed by atoms with E-state index in [0.717, 1.165) is 49.9 Å². The lowest BCUT2D eigenvalue weighted by Gasteiger charge is -2.35. The molecule has 5 aromatic carbocycles. The van der Waals surface area contributed by atoms with E-state index in [9.17, 15) is 42.7 Å². The van der Waals surface area contributed by atoms with Crippen molar-refractivity contribution in [3.05, 3.63) is 149 Å². The molecule has 2 aliphatic heterocycles. The summed E-state index contributed by atoms with van der Waals surface area (Å²) in [6.07, 6.45) is -5.65. The van der Waals surface area contributed by atoms with Gasteiger partial charge in [0, 0.05) is 30.8 Å². The highest BCUT2D eigenvalue weighted by Crippen LogP contribution is 2.40. The number of nitriles is 1. The van der Waals surface area contributed by atoms with Crippen molar-refractivity contribution in [3.8, 4) is 39.1 Å². The Morgan fingerprint density at radius 2 is 1.45 bits per heavy atom. The van der Waals surface area contributed by atoms with Gasteiger partial charge in [0.25, 0.3) is 11.8 Å². The molecule has 0 radical (unpaired) electrons. The number of aryl methyl sites for hydroxylation is 1. The van der Waals surface area contributed by atoms with Gasteiger partial charge in [0.1, 0.15) is 42.3 Å². The van der Waals surface area contributed by atoms with Crippen molar-refractivity contribution in [1.29, 1.82) is 5.26 Å². The molecule has 19 heteroatoms.